The molecule has 6 heteroatoms. The fraction of sp³-hybridized carbons (Fsp3) is 0.333. The van der Waals surface area contributed by atoms with Crippen LogP contribution in [-0.2, 0) is 13.0 Å². The van der Waals surface area contributed by atoms with Gasteiger partial charge in [-0.05, 0) is 30.0 Å². The molecule has 1 aromatic carbocycles. The molecule has 0 unspecified atom stereocenters. The summed E-state index contributed by atoms with van der Waals surface area (Å²) < 4.78 is 14.2. The number of H-pyrrole nitrogens is 1. The molecule has 4 nitrogen and oxygen atoms in total. The summed E-state index contributed by atoms with van der Waals surface area (Å²) in [6, 6.07) is 6.08. The van der Waals surface area contributed by atoms with Crippen LogP contribution in [0.15, 0.2) is 33.9 Å². The molecule has 0 aliphatic heterocycles. The fourth-order valence-corrected chi connectivity index (χ4v) is 2.58. The van der Waals surface area contributed by atoms with Crippen LogP contribution in [0.4, 0.5) is 4.39 Å². The normalized spacial score (nSPS) is 11.1. The Morgan fingerprint density at radius 3 is 2.67 bits per heavy atom. The monoisotopic (exact) mass is 310 g/mol. The fourth-order valence-electron chi connectivity index (χ4n) is 2.20. The predicted octanol–water partition coefficient (Wildman–Crippen LogP) is 2.70. The highest BCUT2D eigenvalue weighted by Crippen LogP contribution is 2.16. The summed E-state index contributed by atoms with van der Waals surface area (Å²) in [5.41, 5.74) is 0.166. The molecule has 2 aromatic rings. The summed E-state index contributed by atoms with van der Waals surface area (Å²) in [4.78, 5) is 26.7. The quantitative estimate of drug-likeness (QED) is 0.883. The molecule has 0 saturated heterocycles. The number of halogens is 2. The maximum Gasteiger partial charge on any atom is 0.329 e. The number of hydrogen-bond donors (Lipinski definition) is 1. The van der Waals surface area contributed by atoms with Crippen LogP contribution in [0.5, 0.6) is 0 Å². The molecule has 0 amide bonds. The van der Waals surface area contributed by atoms with Gasteiger partial charge in [0.25, 0.3) is 5.56 Å². The molecule has 0 aliphatic carbocycles. The molecule has 0 aliphatic rings. The van der Waals surface area contributed by atoms with Crippen molar-refractivity contribution in [1.29, 1.82) is 0 Å². The summed E-state index contributed by atoms with van der Waals surface area (Å²) >= 11 is 5.92. The summed E-state index contributed by atoms with van der Waals surface area (Å²) in [6.45, 7) is 3.84. The minimum atomic E-state index is -0.550. The highest BCUT2D eigenvalue weighted by atomic mass is 35.5. The Labute approximate surface area is 126 Å². The number of benzene rings is 1. The zero-order chi connectivity index (χ0) is 15.6. The lowest BCUT2D eigenvalue weighted by Gasteiger charge is -2.11. The van der Waals surface area contributed by atoms with Crippen LogP contribution < -0.4 is 11.2 Å². The van der Waals surface area contributed by atoms with Crippen molar-refractivity contribution >= 4 is 11.6 Å². The van der Waals surface area contributed by atoms with Gasteiger partial charge < -0.3 is 0 Å². The number of aryl methyl sites for hydroxylation is 1. The molecule has 0 saturated carbocycles. The van der Waals surface area contributed by atoms with Crippen molar-refractivity contribution in [2.45, 2.75) is 32.7 Å². The number of nitrogens with one attached hydrogen (secondary N) is 1. The van der Waals surface area contributed by atoms with Crippen molar-refractivity contribution in [2.75, 3.05) is 0 Å². The van der Waals surface area contributed by atoms with Gasteiger partial charge >= 0.3 is 5.69 Å². The smallest absolute Gasteiger partial charge is 0.297 e. The van der Waals surface area contributed by atoms with Gasteiger partial charge in [0.1, 0.15) is 11.0 Å². The van der Waals surface area contributed by atoms with Gasteiger partial charge in [-0.3, -0.25) is 14.3 Å². The first-order chi connectivity index (χ1) is 9.90. The van der Waals surface area contributed by atoms with Crippen molar-refractivity contribution in [3.63, 3.8) is 0 Å². The largest absolute Gasteiger partial charge is 0.329 e. The first-order valence-electron chi connectivity index (χ1n) is 6.67. The Balaban J connectivity index is 2.35. The third-order valence-corrected chi connectivity index (χ3v) is 3.56. The van der Waals surface area contributed by atoms with Gasteiger partial charge in [-0.2, -0.15) is 0 Å². The van der Waals surface area contributed by atoms with E-state index in [4.69, 9.17) is 11.6 Å². The third-order valence-electron chi connectivity index (χ3n) is 3.26. The molecular weight excluding hydrogens is 295 g/mol. The first-order valence-corrected chi connectivity index (χ1v) is 7.05. The second-order valence-corrected chi connectivity index (χ2v) is 5.53. The molecule has 0 radical (unpaired) electrons. The lowest BCUT2D eigenvalue weighted by atomic mass is 10.1. The van der Waals surface area contributed by atoms with Gasteiger partial charge in [0.15, 0.2) is 0 Å². The molecule has 112 valence electrons. The van der Waals surface area contributed by atoms with Crippen molar-refractivity contribution in [3.05, 3.63) is 67.2 Å². The van der Waals surface area contributed by atoms with E-state index in [0.29, 0.717) is 12.0 Å². The summed E-state index contributed by atoms with van der Waals surface area (Å²) in [5.74, 6) is -0.435. The SMILES string of the molecule is CC(C)c1c(Cl)[nH]c(=O)n(CCc2cccc(F)c2)c1=O. The Kier molecular flexibility index (Phi) is 4.63. The maximum atomic E-state index is 13.1. The summed E-state index contributed by atoms with van der Waals surface area (Å²) in [7, 11) is 0. The predicted molar refractivity (Wildman–Crippen MR) is 80.5 cm³/mol. The second kappa shape index (κ2) is 6.26. The van der Waals surface area contributed by atoms with E-state index >= 15 is 0 Å². The topological polar surface area (TPSA) is 54.9 Å². The van der Waals surface area contributed by atoms with Crippen molar-refractivity contribution in [3.8, 4) is 0 Å². The van der Waals surface area contributed by atoms with E-state index in [1.165, 1.54) is 12.1 Å². The number of hydrogen-bond acceptors (Lipinski definition) is 2. The number of aromatic nitrogens is 2. The summed E-state index contributed by atoms with van der Waals surface area (Å²) in [6.07, 6.45) is 0.389. The number of rotatable bonds is 4. The van der Waals surface area contributed by atoms with E-state index in [9.17, 15) is 14.0 Å². The van der Waals surface area contributed by atoms with Gasteiger partial charge in [-0.15, -0.1) is 0 Å². The lowest BCUT2D eigenvalue weighted by Crippen LogP contribution is -2.38. The van der Waals surface area contributed by atoms with Crippen LogP contribution in [-0.4, -0.2) is 9.55 Å². The van der Waals surface area contributed by atoms with Crippen LogP contribution in [0.2, 0.25) is 5.15 Å². The van der Waals surface area contributed by atoms with E-state index in [0.717, 1.165) is 10.1 Å². The average molecular weight is 311 g/mol. The molecule has 0 fully saturated rings. The first kappa shape index (κ1) is 15.5. The van der Waals surface area contributed by atoms with Gasteiger partial charge in [0, 0.05) is 6.54 Å². The Bertz CT molecular complexity index is 765. The molecule has 0 spiro atoms. The van der Waals surface area contributed by atoms with E-state index in [1.807, 2.05) is 13.8 Å². The van der Waals surface area contributed by atoms with E-state index < -0.39 is 11.2 Å². The highest BCUT2D eigenvalue weighted by molar-refractivity contribution is 6.30. The molecule has 0 bridgehead atoms. The molecule has 1 aromatic heterocycles. The molecule has 21 heavy (non-hydrogen) atoms. The highest BCUT2D eigenvalue weighted by Gasteiger charge is 2.15. The van der Waals surface area contributed by atoms with Crippen molar-refractivity contribution in [2.24, 2.45) is 0 Å². The number of aromatic amines is 1. The molecule has 1 heterocycles. The lowest BCUT2D eigenvalue weighted by molar-refractivity contribution is 0.602. The maximum absolute atomic E-state index is 13.1. The zero-order valence-electron chi connectivity index (χ0n) is 11.8. The van der Waals surface area contributed by atoms with Gasteiger partial charge in [0.05, 0.1) is 5.56 Å². The Morgan fingerprint density at radius 1 is 1.33 bits per heavy atom. The Hall–Kier alpha value is -1.88. The van der Waals surface area contributed by atoms with Gasteiger partial charge in [-0.1, -0.05) is 37.6 Å². The van der Waals surface area contributed by atoms with Crippen molar-refractivity contribution < 1.29 is 4.39 Å². The van der Waals surface area contributed by atoms with Crippen LogP contribution >= 0.6 is 11.6 Å². The van der Waals surface area contributed by atoms with Crippen molar-refractivity contribution in [1.82, 2.24) is 9.55 Å². The van der Waals surface area contributed by atoms with Crippen LogP contribution in [0, 0.1) is 5.82 Å². The molecule has 2 rings (SSSR count). The molecule has 0 atom stereocenters. The van der Waals surface area contributed by atoms with E-state index in [-0.39, 0.29) is 23.4 Å². The van der Waals surface area contributed by atoms with Crippen LogP contribution in [0.3, 0.4) is 0 Å². The minimum Gasteiger partial charge on any atom is -0.297 e. The third kappa shape index (κ3) is 3.42. The van der Waals surface area contributed by atoms with Crippen LogP contribution in [0.1, 0.15) is 30.9 Å². The standard InChI is InChI=1S/C15H16ClFN2O2/c1-9(2)12-13(16)18-15(21)19(14(12)20)7-6-10-4-3-5-11(17)8-10/h3-5,8-9H,6-7H2,1-2H3,(H,18,21). The molecule has 1 N–H and O–H groups in total. The second-order valence-electron chi connectivity index (χ2n) is 5.15. The van der Waals surface area contributed by atoms with E-state index in [1.54, 1.807) is 12.1 Å². The zero-order valence-corrected chi connectivity index (χ0v) is 12.6. The summed E-state index contributed by atoms with van der Waals surface area (Å²) in [5, 5.41) is 0.0852. The van der Waals surface area contributed by atoms with E-state index in [2.05, 4.69) is 4.98 Å². The molecular formula is C15H16ClFN2O2. The Morgan fingerprint density at radius 2 is 2.05 bits per heavy atom. The number of nitrogens with zero attached hydrogens (tertiary/aromatic N) is 1. The minimum absolute atomic E-state index is 0.0852. The van der Waals surface area contributed by atoms with Crippen LogP contribution in [0.25, 0.3) is 0 Å². The van der Waals surface area contributed by atoms with Gasteiger partial charge in [-0.25, -0.2) is 9.18 Å². The average Bonchev–Trinajstić information content (AvgIpc) is 2.37. The van der Waals surface area contributed by atoms with Gasteiger partial charge in [0.2, 0.25) is 0 Å².